The number of rotatable bonds is 30. The van der Waals surface area contributed by atoms with Crippen LogP contribution in [0.15, 0.2) is 72.9 Å². The topological polar surface area (TPSA) is 55.8 Å². The Balaban J connectivity index is 3.63. The van der Waals surface area contributed by atoms with Crippen molar-refractivity contribution in [2.45, 2.75) is 142 Å². The van der Waals surface area contributed by atoms with Gasteiger partial charge in [-0.1, -0.05) is 138 Å². The zero-order valence-corrected chi connectivity index (χ0v) is 27.2. The molecule has 0 rings (SSSR count). The molecule has 0 aliphatic rings. The van der Waals surface area contributed by atoms with E-state index in [9.17, 15) is 9.90 Å². The molecule has 1 N–H and O–H groups in total. The molecule has 0 radical (unpaired) electrons. The maximum absolute atomic E-state index is 12.0. The fourth-order valence-electron chi connectivity index (χ4n) is 4.28. The van der Waals surface area contributed by atoms with Gasteiger partial charge in [0.05, 0.1) is 19.6 Å². The molecule has 0 bridgehead atoms. The highest BCUT2D eigenvalue weighted by Gasteiger charge is 2.12. The van der Waals surface area contributed by atoms with Crippen LogP contribution >= 0.6 is 0 Å². The van der Waals surface area contributed by atoms with Gasteiger partial charge in [0.15, 0.2) is 0 Å². The van der Waals surface area contributed by atoms with Gasteiger partial charge in [0.25, 0.3) is 0 Å². The minimum atomic E-state index is -0.593. The first-order valence-corrected chi connectivity index (χ1v) is 17.0. The van der Waals surface area contributed by atoms with Crippen LogP contribution in [0.5, 0.6) is 0 Å². The second-order valence-corrected chi connectivity index (χ2v) is 10.9. The van der Waals surface area contributed by atoms with Crippen LogP contribution in [0, 0.1) is 0 Å². The highest BCUT2D eigenvalue weighted by atomic mass is 16.6. The monoisotopic (exact) mass is 584 g/mol. The molecule has 1 unspecified atom stereocenters. The van der Waals surface area contributed by atoms with Crippen molar-refractivity contribution in [3.63, 3.8) is 0 Å². The van der Waals surface area contributed by atoms with E-state index in [0.717, 1.165) is 44.9 Å². The third kappa shape index (κ3) is 32.3. The van der Waals surface area contributed by atoms with Crippen molar-refractivity contribution in [3.05, 3.63) is 72.9 Å². The van der Waals surface area contributed by atoms with Crippen LogP contribution in [0.4, 0.5) is 0 Å². The number of ether oxygens (including phenoxy) is 2. The third-order valence-electron chi connectivity index (χ3n) is 6.80. The number of hydrogen-bond donors (Lipinski definition) is 1. The van der Waals surface area contributed by atoms with E-state index in [2.05, 4.69) is 74.6 Å². The molecule has 0 fully saturated rings. The minimum Gasteiger partial charge on any atom is -0.457 e. The molecular weight excluding hydrogens is 520 g/mol. The fourth-order valence-corrected chi connectivity index (χ4v) is 4.28. The Hall–Kier alpha value is -2.17. The van der Waals surface area contributed by atoms with E-state index in [1.807, 2.05) is 12.2 Å². The van der Waals surface area contributed by atoms with Crippen molar-refractivity contribution >= 4 is 5.97 Å². The molecule has 4 heteroatoms. The first kappa shape index (κ1) is 39.8. The van der Waals surface area contributed by atoms with E-state index in [4.69, 9.17) is 9.47 Å². The average molecular weight is 585 g/mol. The van der Waals surface area contributed by atoms with E-state index < -0.39 is 6.10 Å². The van der Waals surface area contributed by atoms with E-state index in [1.165, 1.54) is 70.6 Å². The van der Waals surface area contributed by atoms with Gasteiger partial charge in [0.1, 0.15) is 6.10 Å². The summed E-state index contributed by atoms with van der Waals surface area (Å²) < 4.78 is 11.0. The van der Waals surface area contributed by atoms with Crippen molar-refractivity contribution in [2.75, 3.05) is 19.8 Å². The molecule has 0 aliphatic carbocycles. The number of allylic oxidation sites excluding steroid dienone is 11. The van der Waals surface area contributed by atoms with Crippen molar-refractivity contribution in [1.82, 2.24) is 0 Å². The zero-order valence-electron chi connectivity index (χ0n) is 27.2. The molecule has 0 aromatic heterocycles. The van der Waals surface area contributed by atoms with E-state index in [-0.39, 0.29) is 25.6 Å². The van der Waals surface area contributed by atoms with Crippen molar-refractivity contribution in [1.29, 1.82) is 0 Å². The smallest absolute Gasteiger partial charge is 0.310 e. The maximum atomic E-state index is 12.0. The lowest BCUT2D eigenvalue weighted by Crippen LogP contribution is -2.27. The van der Waals surface area contributed by atoms with Gasteiger partial charge >= 0.3 is 5.97 Å². The molecule has 240 valence electrons. The lowest BCUT2D eigenvalue weighted by molar-refractivity contribution is -0.153. The quantitative estimate of drug-likeness (QED) is 0.0518. The van der Waals surface area contributed by atoms with Crippen LogP contribution in [-0.4, -0.2) is 37.0 Å². The zero-order chi connectivity index (χ0) is 30.6. The number of aliphatic hydroxyl groups is 1. The molecule has 42 heavy (non-hydrogen) atoms. The highest BCUT2D eigenvalue weighted by Crippen LogP contribution is 2.10. The normalized spacial score (nSPS) is 13.3. The van der Waals surface area contributed by atoms with E-state index in [1.54, 1.807) is 0 Å². The van der Waals surface area contributed by atoms with Crippen molar-refractivity contribution < 1.29 is 19.4 Å². The largest absolute Gasteiger partial charge is 0.457 e. The summed E-state index contributed by atoms with van der Waals surface area (Å²) >= 11 is 0. The number of carbonyl (C=O) groups excluding carboxylic acids is 1. The second kappa shape index (κ2) is 35.0. The van der Waals surface area contributed by atoms with Gasteiger partial charge < -0.3 is 14.6 Å². The Morgan fingerprint density at radius 3 is 1.60 bits per heavy atom. The maximum Gasteiger partial charge on any atom is 0.310 e. The average Bonchev–Trinajstić information content (AvgIpc) is 3.00. The van der Waals surface area contributed by atoms with Crippen LogP contribution < -0.4 is 0 Å². The molecule has 0 heterocycles. The summed E-state index contributed by atoms with van der Waals surface area (Å²) in [6.45, 7) is 5.08. The SMILES string of the molecule is CC/C=C\C/C=C\C/C=C\C/C=C\C/C=C\CC(=O)OC(CO)COCCCCCCCC/C=C\CCCCCCC. The number of aliphatic hydroxyl groups excluding tert-OH is 1. The molecule has 0 aromatic rings. The van der Waals surface area contributed by atoms with Crippen LogP contribution in [-0.2, 0) is 14.3 Å². The molecule has 0 spiro atoms. The van der Waals surface area contributed by atoms with E-state index >= 15 is 0 Å². The number of esters is 1. The van der Waals surface area contributed by atoms with Crippen molar-refractivity contribution in [3.8, 4) is 0 Å². The Kier molecular flexibility index (Phi) is 33.2. The third-order valence-corrected chi connectivity index (χ3v) is 6.80. The lowest BCUT2D eigenvalue weighted by atomic mass is 10.1. The first-order valence-electron chi connectivity index (χ1n) is 17.0. The van der Waals surface area contributed by atoms with Gasteiger partial charge in [-0.3, -0.25) is 4.79 Å². The lowest BCUT2D eigenvalue weighted by Gasteiger charge is -2.15. The van der Waals surface area contributed by atoms with Crippen LogP contribution in [0.2, 0.25) is 0 Å². The summed E-state index contributed by atoms with van der Waals surface area (Å²) in [4.78, 5) is 12.0. The van der Waals surface area contributed by atoms with Crippen LogP contribution in [0.25, 0.3) is 0 Å². The molecule has 0 saturated heterocycles. The predicted octanol–water partition coefficient (Wildman–Crippen LogP) is 10.7. The van der Waals surface area contributed by atoms with Gasteiger partial charge in [-0.05, 0) is 64.2 Å². The summed E-state index contributed by atoms with van der Waals surface area (Å²) in [6.07, 6.45) is 46.7. The Bertz CT molecular complexity index is 744. The molecule has 0 aliphatic heterocycles. The molecule has 0 aromatic carbocycles. The number of hydrogen-bond acceptors (Lipinski definition) is 4. The second-order valence-electron chi connectivity index (χ2n) is 10.9. The van der Waals surface area contributed by atoms with Gasteiger partial charge in [-0.2, -0.15) is 0 Å². The number of carbonyl (C=O) groups is 1. The molecule has 4 nitrogen and oxygen atoms in total. The molecular formula is C38H64O4. The van der Waals surface area contributed by atoms with Crippen LogP contribution in [0.3, 0.4) is 0 Å². The van der Waals surface area contributed by atoms with Gasteiger partial charge in [-0.15, -0.1) is 0 Å². The Morgan fingerprint density at radius 2 is 1.07 bits per heavy atom. The van der Waals surface area contributed by atoms with Gasteiger partial charge in [0, 0.05) is 6.61 Å². The minimum absolute atomic E-state index is 0.207. The molecule has 0 saturated carbocycles. The number of unbranched alkanes of at least 4 members (excludes halogenated alkanes) is 11. The highest BCUT2D eigenvalue weighted by molar-refractivity contribution is 5.71. The van der Waals surface area contributed by atoms with Crippen molar-refractivity contribution in [2.24, 2.45) is 0 Å². The standard InChI is InChI=1S/C38H64O4/c1-3-5-7-9-11-13-15-17-19-21-23-25-27-29-31-33-38(40)42-37(35-39)36-41-34-32-30-28-26-24-22-20-18-16-14-12-10-8-6-4-2/h5,7,11,13,16-19,23,25,29,31,37,39H,3-4,6,8-10,12,14-15,20-22,24,26-28,30,32-36H2,1-2H3/b7-5-,13-11-,18-16-,19-17-,25-23-,31-29-. The Labute approximate surface area is 259 Å². The van der Waals surface area contributed by atoms with Crippen LogP contribution in [0.1, 0.15) is 136 Å². The van der Waals surface area contributed by atoms with Gasteiger partial charge in [-0.25, -0.2) is 0 Å². The first-order chi connectivity index (χ1) is 20.7. The molecule has 1 atom stereocenters. The van der Waals surface area contributed by atoms with E-state index in [0.29, 0.717) is 6.61 Å². The Morgan fingerprint density at radius 1 is 0.595 bits per heavy atom. The summed E-state index contributed by atoms with van der Waals surface area (Å²) in [5.41, 5.74) is 0. The summed E-state index contributed by atoms with van der Waals surface area (Å²) in [5.74, 6) is -0.333. The van der Waals surface area contributed by atoms with Gasteiger partial charge in [0.2, 0.25) is 0 Å². The summed E-state index contributed by atoms with van der Waals surface area (Å²) in [5, 5.41) is 9.51. The fraction of sp³-hybridized carbons (Fsp3) is 0.658. The summed E-state index contributed by atoms with van der Waals surface area (Å²) in [6, 6.07) is 0. The molecule has 0 amide bonds. The summed E-state index contributed by atoms with van der Waals surface area (Å²) in [7, 11) is 0. The predicted molar refractivity (Wildman–Crippen MR) is 182 cm³/mol.